The summed E-state index contributed by atoms with van der Waals surface area (Å²) in [5.41, 5.74) is 17.4. The molecule has 0 aromatic heterocycles. The van der Waals surface area contributed by atoms with Crippen LogP contribution >= 0.6 is 0 Å². The molecule has 0 aromatic rings. The van der Waals surface area contributed by atoms with Gasteiger partial charge >= 0.3 is 0 Å². The molecule has 0 amide bonds. The van der Waals surface area contributed by atoms with E-state index in [1.165, 1.54) is 13.1 Å². The lowest BCUT2D eigenvalue weighted by Gasteiger charge is -2.41. The first-order valence-electron chi connectivity index (χ1n) is 13.6. The predicted octanol–water partition coefficient (Wildman–Crippen LogP) is -5.65. The Morgan fingerprint density at radius 2 is 1.71 bits per heavy atom. The molecule has 17 N–H and O–H groups in total. The van der Waals surface area contributed by atoms with Gasteiger partial charge in [-0.05, 0) is 26.0 Å². The highest BCUT2D eigenvalue weighted by atomic mass is 16.7. The van der Waals surface area contributed by atoms with Gasteiger partial charge in [0.05, 0.1) is 36.1 Å². The van der Waals surface area contributed by atoms with Gasteiger partial charge in [0, 0.05) is 44.2 Å². The van der Waals surface area contributed by atoms with Gasteiger partial charge in [-0.25, -0.2) is 0 Å². The number of aliphatic hydroxyl groups is 8. The molecule has 0 spiro atoms. The number of likely N-dealkylation sites (N-methyl/N-ethyl adjacent to an activating group) is 1. The molecule has 1 aliphatic carbocycles. The summed E-state index contributed by atoms with van der Waals surface area (Å²) in [5, 5.41) is 91.3. The van der Waals surface area contributed by atoms with Gasteiger partial charge in [0.1, 0.15) is 12.2 Å². The summed E-state index contributed by atoms with van der Waals surface area (Å²) in [6, 6.07) is -3.28. The first-order valence-corrected chi connectivity index (χ1v) is 13.6. The molecular weight excluding hydrogens is 548 g/mol. The third kappa shape index (κ3) is 8.46. The van der Waals surface area contributed by atoms with Crippen molar-refractivity contribution in [3.8, 4) is 0 Å². The second kappa shape index (κ2) is 15.2. The number of nitrogens with one attached hydrogen (secondary N) is 3. The van der Waals surface area contributed by atoms with E-state index in [1.54, 1.807) is 0 Å². The first-order chi connectivity index (χ1) is 19.4. The van der Waals surface area contributed by atoms with Crippen LogP contribution in [0.2, 0.25) is 0 Å². The summed E-state index contributed by atoms with van der Waals surface area (Å²) in [5.74, 6) is -1.52. The van der Waals surface area contributed by atoms with Crippen molar-refractivity contribution in [2.24, 2.45) is 17.2 Å². The van der Waals surface area contributed by atoms with Gasteiger partial charge in [-0.3, -0.25) is 0 Å². The van der Waals surface area contributed by atoms with Crippen molar-refractivity contribution in [3.05, 3.63) is 23.3 Å². The van der Waals surface area contributed by atoms with E-state index in [0.717, 1.165) is 0 Å². The lowest BCUT2D eigenvalue weighted by atomic mass is 9.85. The van der Waals surface area contributed by atoms with Crippen molar-refractivity contribution in [2.75, 3.05) is 26.7 Å². The average molecular weight is 595 g/mol. The van der Waals surface area contributed by atoms with E-state index < -0.39 is 85.1 Å². The van der Waals surface area contributed by atoms with E-state index in [9.17, 15) is 40.9 Å². The van der Waals surface area contributed by atoms with Crippen LogP contribution in [0.5, 0.6) is 0 Å². The van der Waals surface area contributed by atoms with Crippen LogP contribution in [0.4, 0.5) is 0 Å². The zero-order valence-electron chi connectivity index (χ0n) is 22.9. The molecule has 12 atom stereocenters. The fraction of sp³-hybridized carbons (Fsp3) is 0.833. The molecule has 0 bridgehead atoms. The maximum absolute atomic E-state index is 10.7. The molecule has 17 nitrogen and oxygen atoms in total. The Hall–Kier alpha value is -1.68. The topological polar surface area (TPSA) is 304 Å². The van der Waals surface area contributed by atoms with Crippen LogP contribution in [0.15, 0.2) is 23.3 Å². The molecule has 6 unspecified atom stereocenters. The van der Waals surface area contributed by atoms with Gasteiger partial charge in [0.25, 0.3) is 0 Å². The lowest BCUT2D eigenvalue weighted by Crippen LogP contribution is -2.62. The number of nitrogens with two attached hydrogens (primary N) is 3. The van der Waals surface area contributed by atoms with Crippen molar-refractivity contribution in [3.63, 3.8) is 0 Å². The molecule has 1 saturated carbocycles. The van der Waals surface area contributed by atoms with Gasteiger partial charge in [-0.2, -0.15) is 0 Å². The summed E-state index contributed by atoms with van der Waals surface area (Å²) in [6.07, 6.45) is -9.79. The van der Waals surface area contributed by atoms with Gasteiger partial charge in [-0.1, -0.05) is 0 Å². The molecule has 3 rings (SSSR count). The monoisotopic (exact) mass is 594 g/mol. The number of rotatable bonds is 13. The van der Waals surface area contributed by atoms with Gasteiger partial charge in [0.2, 0.25) is 6.29 Å². The highest BCUT2D eigenvalue weighted by molar-refractivity contribution is 5.11. The van der Waals surface area contributed by atoms with Crippen LogP contribution in [0.1, 0.15) is 19.3 Å². The van der Waals surface area contributed by atoms with E-state index in [-0.39, 0.29) is 37.6 Å². The molecule has 2 heterocycles. The largest absolute Gasteiger partial charge is 0.507 e. The van der Waals surface area contributed by atoms with Crippen LogP contribution in [0, 0.1) is 0 Å². The van der Waals surface area contributed by atoms with Crippen LogP contribution in [-0.2, 0) is 14.2 Å². The minimum atomic E-state index is -2.06. The maximum Gasteiger partial charge on any atom is 0.220 e. The Bertz CT molecular complexity index is 896. The average Bonchev–Trinajstić information content (AvgIpc) is 2.90. The second-order valence-electron chi connectivity index (χ2n) is 10.7. The third-order valence-electron chi connectivity index (χ3n) is 7.59. The fourth-order valence-corrected chi connectivity index (χ4v) is 5.04. The van der Waals surface area contributed by atoms with Crippen LogP contribution in [-0.4, -0.2) is 147 Å². The molecule has 2 aliphatic heterocycles. The maximum atomic E-state index is 10.7. The molecule has 17 heteroatoms. The smallest absolute Gasteiger partial charge is 0.220 e. The molecule has 41 heavy (non-hydrogen) atoms. The zero-order valence-corrected chi connectivity index (χ0v) is 22.9. The molecule has 3 aliphatic rings. The zero-order chi connectivity index (χ0) is 30.4. The summed E-state index contributed by atoms with van der Waals surface area (Å²) in [4.78, 5) is 0. The first kappa shape index (κ1) is 33.8. The van der Waals surface area contributed by atoms with E-state index in [2.05, 4.69) is 16.0 Å². The number of hydrogen-bond acceptors (Lipinski definition) is 17. The Kier molecular flexibility index (Phi) is 12.5. The Morgan fingerprint density at radius 1 is 1.02 bits per heavy atom. The Balaban J connectivity index is 1.67. The molecule has 0 aromatic carbocycles. The molecule has 3 fully saturated rings. The summed E-state index contributed by atoms with van der Waals surface area (Å²) < 4.78 is 16.7. The van der Waals surface area contributed by atoms with Crippen molar-refractivity contribution in [1.29, 1.82) is 0 Å². The van der Waals surface area contributed by atoms with Crippen molar-refractivity contribution in [1.82, 2.24) is 16.0 Å². The second-order valence-corrected chi connectivity index (χ2v) is 10.7. The predicted molar refractivity (Wildman–Crippen MR) is 143 cm³/mol. The fourth-order valence-electron chi connectivity index (χ4n) is 5.04. The van der Waals surface area contributed by atoms with Crippen molar-refractivity contribution < 1.29 is 55.1 Å². The minimum absolute atomic E-state index is 0.00199. The van der Waals surface area contributed by atoms with Gasteiger partial charge in [-0.15, -0.1) is 0 Å². The van der Waals surface area contributed by atoms with Crippen molar-refractivity contribution >= 4 is 0 Å². The van der Waals surface area contributed by atoms with Crippen LogP contribution < -0.4 is 33.2 Å². The van der Waals surface area contributed by atoms with Crippen LogP contribution in [0.3, 0.4) is 0 Å². The summed E-state index contributed by atoms with van der Waals surface area (Å²) in [7, 11) is 1.52. The van der Waals surface area contributed by atoms with Crippen molar-refractivity contribution in [2.45, 2.75) is 98.9 Å². The Labute approximate surface area is 237 Å². The van der Waals surface area contributed by atoms with E-state index in [0.29, 0.717) is 13.1 Å². The Morgan fingerprint density at radius 3 is 2.29 bits per heavy atom. The number of aliphatic hydroxyl groups excluding tert-OH is 8. The van der Waals surface area contributed by atoms with Crippen LogP contribution in [0.25, 0.3) is 0 Å². The highest BCUT2D eigenvalue weighted by Crippen LogP contribution is 2.27. The highest BCUT2D eigenvalue weighted by Gasteiger charge is 2.43. The SMILES string of the molecule is CNC1C(O)C[C@H](/C=C(/N)[C@H](O)O[C@@H]2C(N)C[C@@H](N)C(O)C2O)OC1O[C@@H](O)/C(O)=C(/O)[C@@H](CCO)NC1CNC1. The van der Waals surface area contributed by atoms with Gasteiger partial charge < -0.3 is 88.2 Å². The summed E-state index contributed by atoms with van der Waals surface area (Å²) >= 11 is 0. The molecule has 0 radical (unpaired) electrons. The molecule has 238 valence electrons. The summed E-state index contributed by atoms with van der Waals surface area (Å²) in [6.45, 7) is 0.972. The quantitative estimate of drug-likeness (QED) is 0.0698. The lowest BCUT2D eigenvalue weighted by molar-refractivity contribution is -0.271. The third-order valence-corrected chi connectivity index (χ3v) is 7.59. The van der Waals surface area contributed by atoms with Gasteiger partial charge in [0.15, 0.2) is 24.1 Å². The van der Waals surface area contributed by atoms with E-state index >= 15 is 0 Å². The molecule has 2 saturated heterocycles. The van der Waals surface area contributed by atoms with E-state index in [4.69, 9.17) is 31.4 Å². The number of hydrogen-bond donors (Lipinski definition) is 14. The normalized spacial score (nSPS) is 38.1. The molecular formula is C24H46N6O11. The number of ether oxygens (including phenoxy) is 3. The van der Waals surface area contributed by atoms with E-state index in [1.807, 2.05) is 0 Å². The minimum Gasteiger partial charge on any atom is -0.507 e. The standard InChI is InChI=1S/C24H46N6O11/c1-28-16-15(32)5-10(4-13(27)22(37)40-21-12(26)6-11(25)17(33)19(21)35)39-24(16)41-23(38)20(36)18(34)14(2-3-31)30-9-7-29-8-9/h4,9-12,14-17,19,21-24,28-38H,2-3,5-8,25-27H2,1H3/b13-4+,20-18-/t10-,11+,12?,14+,15?,16?,17?,19?,21+,22+,23+,24?/m0/s1.